The maximum atomic E-state index is 12.9. The van der Waals surface area contributed by atoms with Crippen molar-refractivity contribution >= 4 is 5.97 Å². The third-order valence-corrected chi connectivity index (χ3v) is 1.70. The van der Waals surface area contributed by atoms with Gasteiger partial charge in [0.25, 0.3) is 0 Å². The van der Waals surface area contributed by atoms with E-state index in [0.29, 0.717) is 6.92 Å². The molecule has 0 saturated heterocycles. The Morgan fingerprint density at radius 1 is 1.43 bits per heavy atom. The molecule has 0 aromatic rings. The SMILES string of the molecule is C=C(C)C(=O)OC(C)C(F)(F)C(C)F. The van der Waals surface area contributed by atoms with E-state index in [-0.39, 0.29) is 5.57 Å². The second-order valence-electron chi connectivity index (χ2n) is 3.12. The number of rotatable bonds is 4. The summed E-state index contributed by atoms with van der Waals surface area (Å²) in [4.78, 5) is 10.8. The molecule has 5 heteroatoms. The molecular formula is C9H13F3O2. The lowest BCUT2D eigenvalue weighted by atomic mass is 10.1. The van der Waals surface area contributed by atoms with Crippen molar-refractivity contribution in [2.45, 2.75) is 39.0 Å². The number of carbonyl (C=O) groups is 1. The molecule has 0 bridgehead atoms. The summed E-state index contributed by atoms with van der Waals surface area (Å²) in [6, 6.07) is 0. The second-order valence-corrected chi connectivity index (χ2v) is 3.12. The van der Waals surface area contributed by atoms with E-state index in [1.807, 2.05) is 0 Å². The molecule has 82 valence electrons. The Morgan fingerprint density at radius 3 is 2.14 bits per heavy atom. The Kier molecular flexibility index (Phi) is 4.16. The lowest BCUT2D eigenvalue weighted by Crippen LogP contribution is -2.42. The molecule has 0 rings (SSSR count). The average Bonchev–Trinajstić information content (AvgIpc) is 2.03. The molecule has 0 N–H and O–H groups in total. The van der Waals surface area contributed by atoms with Gasteiger partial charge in [-0.1, -0.05) is 6.58 Å². The van der Waals surface area contributed by atoms with Crippen LogP contribution in [0.4, 0.5) is 13.2 Å². The first kappa shape index (κ1) is 13.0. The van der Waals surface area contributed by atoms with Gasteiger partial charge in [-0.2, -0.15) is 8.78 Å². The van der Waals surface area contributed by atoms with Crippen LogP contribution in [0, 0.1) is 0 Å². The third-order valence-electron chi connectivity index (χ3n) is 1.70. The van der Waals surface area contributed by atoms with Crippen molar-refractivity contribution in [3.63, 3.8) is 0 Å². The van der Waals surface area contributed by atoms with Crippen LogP contribution in [0.25, 0.3) is 0 Å². The molecule has 0 saturated carbocycles. The maximum absolute atomic E-state index is 12.9. The molecule has 0 aliphatic carbocycles. The number of ether oxygens (including phenoxy) is 1. The highest BCUT2D eigenvalue weighted by atomic mass is 19.3. The van der Waals surface area contributed by atoms with Gasteiger partial charge < -0.3 is 4.74 Å². The van der Waals surface area contributed by atoms with E-state index >= 15 is 0 Å². The maximum Gasteiger partial charge on any atom is 0.333 e. The van der Waals surface area contributed by atoms with Crippen LogP contribution < -0.4 is 0 Å². The van der Waals surface area contributed by atoms with Crippen molar-refractivity contribution in [2.75, 3.05) is 0 Å². The second kappa shape index (κ2) is 4.48. The first-order chi connectivity index (χ1) is 6.19. The lowest BCUT2D eigenvalue weighted by Gasteiger charge is -2.24. The summed E-state index contributed by atoms with van der Waals surface area (Å²) in [5, 5.41) is 0. The highest BCUT2D eigenvalue weighted by molar-refractivity contribution is 5.87. The van der Waals surface area contributed by atoms with Crippen molar-refractivity contribution in [2.24, 2.45) is 0 Å². The minimum Gasteiger partial charge on any atom is -0.453 e. The fourth-order valence-electron chi connectivity index (χ4n) is 0.663. The molecule has 2 atom stereocenters. The summed E-state index contributed by atoms with van der Waals surface area (Å²) in [5.41, 5.74) is -0.000777. The Hall–Kier alpha value is -1.00. The van der Waals surface area contributed by atoms with Crippen LogP contribution in [0.3, 0.4) is 0 Å². The van der Waals surface area contributed by atoms with E-state index < -0.39 is 24.2 Å². The van der Waals surface area contributed by atoms with Gasteiger partial charge in [-0.25, -0.2) is 9.18 Å². The molecule has 0 aromatic carbocycles. The predicted octanol–water partition coefficient (Wildman–Crippen LogP) is 2.49. The van der Waals surface area contributed by atoms with Gasteiger partial charge in [0.2, 0.25) is 0 Å². The van der Waals surface area contributed by atoms with Crippen molar-refractivity contribution in [1.29, 1.82) is 0 Å². The van der Waals surface area contributed by atoms with Crippen LogP contribution in [-0.4, -0.2) is 24.2 Å². The minimum atomic E-state index is -3.68. The molecule has 0 fully saturated rings. The van der Waals surface area contributed by atoms with Crippen molar-refractivity contribution in [3.8, 4) is 0 Å². The normalized spacial score (nSPS) is 15.9. The molecule has 0 aromatic heterocycles. The molecular weight excluding hydrogens is 197 g/mol. The number of hydrogen-bond acceptors (Lipinski definition) is 2. The van der Waals surface area contributed by atoms with Crippen LogP contribution in [-0.2, 0) is 9.53 Å². The van der Waals surface area contributed by atoms with Gasteiger partial charge in [0.15, 0.2) is 12.3 Å². The first-order valence-corrected chi connectivity index (χ1v) is 4.08. The van der Waals surface area contributed by atoms with Crippen LogP contribution >= 0.6 is 0 Å². The van der Waals surface area contributed by atoms with Gasteiger partial charge in [0.1, 0.15) is 0 Å². The lowest BCUT2D eigenvalue weighted by molar-refractivity contribution is -0.179. The van der Waals surface area contributed by atoms with E-state index in [1.54, 1.807) is 0 Å². The summed E-state index contributed by atoms with van der Waals surface area (Å²) < 4.78 is 42.5. The number of alkyl halides is 3. The van der Waals surface area contributed by atoms with E-state index in [4.69, 9.17) is 0 Å². The van der Waals surface area contributed by atoms with Gasteiger partial charge in [-0.3, -0.25) is 0 Å². The fraction of sp³-hybridized carbons (Fsp3) is 0.667. The van der Waals surface area contributed by atoms with Crippen LogP contribution in [0.15, 0.2) is 12.2 Å². The van der Waals surface area contributed by atoms with Gasteiger partial charge in [-0.15, -0.1) is 0 Å². The molecule has 0 heterocycles. The summed E-state index contributed by atoms with van der Waals surface area (Å²) in [5.74, 6) is -4.62. The topological polar surface area (TPSA) is 26.3 Å². The van der Waals surface area contributed by atoms with E-state index in [0.717, 1.165) is 6.92 Å². The first-order valence-electron chi connectivity index (χ1n) is 4.08. The Bertz CT molecular complexity index is 236. The highest BCUT2D eigenvalue weighted by Crippen LogP contribution is 2.27. The number of halogens is 3. The molecule has 2 unspecified atom stereocenters. The van der Waals surface area contributed by atoms with Crippen molar-refractivity contribution < 1.29 is 22.7 Å². The number of carbonyl (C=O) groups excluding carboxylic acids is 1. The van der Waals surface area contributed by atoms with Gasteiger partial charge >= 0.3 is 11.9 Å². The largest absolute Gasteiger partial charge is 0.453 e. The van der Waals surface area contributed by atoms with Gasteiger partial charge in [-0.05, 0) is 20.8 Å². The quantitative estimate of drug-likeness (QED) is 0.526. The zero-order valence-electron chi connectivity index (χ0n) is 8.31. The van der Waals surface area contributed by atoms with E-state index in [2.05, 4.69) is 11.3 Å². The third kappa shape index (κ3) is 3.05. The molecule has 0 radical (unpaired) electrons. The number of esters is 1. The summed E-state index contributed by atoms with van der Waals surface area (Å²) >= 11 is 0. The Labute approximate surface area is 80.7 Å². The van der Waals surface area contributed by atoms with E-state index in [1.165, 1.54) is 6.92 Å². The smallest absolute Gasteiger partial charge is 0.333 e. The fourth-order valence-corrected chi connectivity index (χ4v) is 0.663. The van der Waals surface area contributed by atoms with Crippen LogP contribution in [0.1, 0.15) is 20.8 Å². The number of hydrogen-bond donors (Lipinski definition) is 0. The summed E-state index contributed by atoms with van der Waals surface area (Å²) in [6.45, 7) is 6.20. The minimum absolute atomic E-state index is 0.000777. The summed E-state index contributed by atoms with van der Waals surface area (Å²) in [6.07, 6.45) is -4.16. The molecule has 0 aliphatic heterocycles. The standard InChI is InChI=1S/C9H13F3O2/c1-5(2)8(13)14-7(4)9(11,12)6(3)10/h6-7H,1H2,2-4H3. The predicted molar refractivity (Wildman–Crippen MR) is 45.9 cm³/mol. The Morgan fingerprint density at radius 2 is 1.86 bits per heavy atom. The van der Waals surface area contributed by atoms with Crippen molar-refractivity contribution in [1.82, 2.24) is 0 Å². The van der Waals surface area contributed by atoms with Gasteiger partial charge in [0.05, 0.1) is 0 Å². The molecule has 2 nitrogen and oxygen atoms in total. The Balaban J connectivity index is 4.41. The average molecular weight is 210 g/mol. The van der Waals surface area contributed by atoms with Crippen LogP contribution in [0.5, 0.6) is 0 Å². The zero-order chi connectivity index (χ0) is 11.5. The van der Waals surface area contributed by atoms with Gasteiger partial charge in [0, 0.05) is 5.57 Å². The zero-order valence-corrected chi connectivity index (χ0v) is 8.31. The molecule has 0 amide bonds. The molecule has 14 heavy (non-hydrogen) atoms. The highest BCUT2D eigenvalue weighted by Gasteiger charge is 2.45. The van der Waals surface area contributed by atoms with E-state index in [9.17, 15) is 18.0 Å². The molecule has 0 spiro atoms. The van der Waals surface area contributed by atoms with Crippen LogP contribution in [0.2, 0.25) is 0 Å². The monoisotopic (exact) mass is 210 g/mol. The molecule has 0 aliphatic rings. The summed E-state index contributed by atoms with van der Waals surface area (Å²) in [7, 11) is 0. The van der Waals surface area contributed by atoms with Crippen molar-refractivity contribution in [3.05, 3.63) is 12.2 Å².